The molecule has 0 spiro atoms. The van der Waals surface area contributed by atoms with Gasteiger partial charge in [0.1, 0.15) is 11.5 Å². The van der Waals surface area contributed by atoms with Gasteiger partial charge in [0.25, 0.3) is 0 Å². The molecule has 25 heavy (non-hydrogen) atoms. The Morgan fingerprint density at radius 1 is 0.640 bits per heavy atom. The van der Waals surface area contributed by atoms with Crippen LogP contribution in [0.3, 0.4) is 0 Å². The van der Waals surface area contributed by atoms with E-state index in [0.29, 0.717) is 11.5 Å². The third-order valence-electron chi connectivity index (χ3n) is 4.46. The number of phenolic OH excluding ortho intramolecular Hbond substituents is 2. The van der Waals surface area contributed by atoms with E-state index in [-0.39, 0.29) is 0 Å². The van der Waals surface area contributed by atoms with Crippen LogP contribution in [0.1, 0.15) is 62.8 Å². The first-order chi connectivity index (χ1) is 12.0. The predicted octanol–water partition coefficient (Wildman–Crippen LogP) is 6.28. The highest BCUT2D eigenvalue weighted by Crippen LogP contribution is 2.41. The summed E-state index contributed by atoms with van der Waals surface area (Å²) >= 11 is 1.82. The number of aromatic hydroxyl groups is 2. The second-order valence-electron chi connectivity index (χ2n) is 6.50. The van der Waals surface area contributed by atoms with Gasteiger partial charge in [-0.1, -0.05) is 52.3 Å². The summed E-state index contributed by atoms with van der Waals surface area (Å²) in [7, 11) is 0. The summed E-state index contributed by atoms with van der Waals surface area (Å²) in [6.45, 7) is 8.62. The lowest BCUT2D eigenvalue weighted by Crippen LogP contribution is -1.98. The summed E-state index contributed by atoms with van der Waals surface area (Å²) in [4.78, 5) is 2.56. The first-order valence-corrected chi connectivity index (χ1v) is 10.2. The van der Waals surface area contributed by atoms with Crippen LogP contribution in [-0.4, -0.2) is 10.2 Å². The van der Waals surface area contributed by atoms with Crippen molar-refractivity contribution in [1.29, 1.82) is 0 Å². The molecule has 0 aliphatic carbocycles. The van der Waals surface area contributed by atoms with Gasteiger partial charge in [0.15, 0.2) is 0 Å². The van der Waals surface area contributed by atoms with Crippen molar-refractivity contribution >= 4 is 11.8 Å². The molecule has 0 heterocycles. The molecule has 0 atom stereocenters. The highest BCUT2D eigenvalue weighted by Gasteiger charge is 2.16. The van der Waals surface area contributed by atoms with Crippen LogP contribution in [0.2, 0.25) is 0 Å². The lowest BCUT2D eigenvalue weighted by molar-refractivity contribution is 0.472. The summed E-state index contributed by atoms with van der Waals surface area (Å²) in [6, 6.07) is 7.62. The number of benzene rings is 2. The molecule has 2 aromatic rings. The Hall–Kier alpha value is -1.61. The van der Waals surface area contributed by atoms with Gasteiger partial charge in [-0.15, -0.1) is 0 Å². The summed E-state index contributed by atoms with van der Waals surface area (Å²) in [5.74, 6) is 0.722. The van der Waals surface area contributed by atoms with Crippen molar-refractivity contribution in [3.63, 3.8) is 0 Å². The third kappa shape index (κ3) is 4.72. The zero-order chi connectivity index (χ0) is 18.4. The van der Waals surface area contributed by atoms with E-state index in [4.69, 9.17) is 0 Å². The Kier molecular flexibility index (Phi) is 7.24. The average Bonchev–Trinajstić information content (AvgIpc) is 2.58. The molecular weight excluding hydrogens is 328 g/mol. The van der Waals surface area contributed by atoms with E-state index in [1.165, 1.54) is 32.0 Å². The van der Waals surface area contributed by atoms with E-state index >= 15 is 0 Å². The quantitative estimate of drug-likeness (QED) is 0.583. The maximum atomic E-state index is 10.1. The molecule has 2 nitrogen and oxygen atoms in total. The Bertz CT molecular complexity index is 670. The van der Waals surface area contributed by atoms with Gasteiger partial charge in [-0.25, -0.2) is 0 Å². The fourth-order valence-electron chi connectivity index (χ4n) is 3.27. The van der Waals surface area contributed by atoms with Crippen LogP contribution in [0.15, 0.2) is 34.1 Å². The molecule has 0 aromatic heterocycles. The maximum absolute atomic E-state index is 10.1. The SMILES string of the molecule is CCCc1cc(O)cc(CCC)c1Sc1c(CC)cc(O)cc1CC. The van der Waals surface area contributed by atoms with Crippen molar-refractivity contribution < 1.29 is 10.2 Å². The van der Waals surface area contributed by atoms with E-state index < -0.39 is 0 Å². The Morgan fingerprint density at radius 3 is 1.36 bits per heavy atom. The lowest BCUT2D eigenvalue weighted by Gasteiger charge is -2.19. The van der Waals surface area contributed by atoms with E-state index in [1.54, 1.807) is 0 Å². The minimum Gasteiger partial charge on any atom is -0.508 e. The Morgan fingerprint density at radius 2 is 1.00 bits per heavy atom. The number of phenols is 2. The Labute approximate surface area is 156 Å². The minimum atomic E-state index is 0.353. The molecule has 0 amide bonds. The maximum Gasteiger partial charge on any atom is 0.116 e. The van der Waals surface area contributed by atoms with Gasteiger partial charge in [0, 0.05) is 9.79 Å². The van der Waals surface area contributed by atoms with E-state index in [9.17, 15) is 10.2 Å². The highest BCUT2D eigenvalue weighted by atomic mass is 32.2. The molecule has 136 valence electrons. The number of rotatable bonds is 8. The standard InChI is InChI=1S/C22H30O2S/c1-5-9-17-13-20(24)14-18(10-6-2)22(17)25-21-15(7-3)11-19(23)12-16(21)8-4/h11-14,23-24H,5-10H2,1-4H3. The summed E-state index contributed by atoms with van der Waals surface area (Å²) in [5.41, 5.74) is 4.85. The number of hydrogen-bond acceptors (Lipinski definition) is 3. The first-order valence-electron chi connectivity index (χ1n) is 9.41. The minimum absolute atomic E-state index is 0.353. The topological polar surface area (TPSA) is 40.5 Å². The second kappa shape index (κ2) is 9.19. The average molecular weight is 359 g/mol. The first kappa shape index (κ1) is 19.7. The van der Waals surface area contributed by atoms with Crippen LogP contribution in [0.5, 0.6) is 11.5 Å². The fraction of sp³-hybridized carbons (Fsp3) is 0.455. The van der Waals surface area contributed by atoms with Crippen LogP contribution in [0.4, 0.5) is 0 Å². The van der Waals surface area contributed by atoms with Gasteiger partial charge in [0.05, 0.1) is 0 Å². The van der Waals surface area contributed by atoms with E-state index in [1.807, 2.05) is 36.0 Å². The number of aryl methyl sites for hydroxylation is 4. The molecule has 2 rings (SSSR count). The van der Waals surface area contributed by atoms with Crippen molar-refractivity contribution in [1.82, 2.24) is 0 Å². The fourth-order valence-corrected chi connectivity index (χ4v) is 4.73. The zero-order valence-electron chi connectivity index (χ0n) is 15.9. The molecular formula is C22H30O2S. The van der Waals surface area contributed by atoms with Crippen LogP contribution >= 0.6 is 11.8 Å². The monoisotopic (exact) mass is 358 g/mol. The predicted molar refractivity (Wildman–Crippen MR) is 107 cm³/mol. The molecule has 2 aromatic carbocycles. The van der Waals surface area contributed by atoms with Gasteiger partial charge in [-0.3, -0.25) is 0 Å². The molecule has 0 aliphatic rings. The summed E-state index contributed by atoms with van der Waals surface area (Å²) in [6.07, 6.45) is 5.84. The smallest absolute Gasteiger partial charge is 0.116 e. The normalized spacial score (nSPS) is 11.0. The van der Waals surface area contributed by atoms with Crippen molar-refractivity contribution in [3.05, 3.63) is 46.5 Å². The molecule has 0 saturated carbocycles. The van der Waals surface area contributed by atoms with E-state index in [2.05, 4.69) is 27.7 Å². The van der Waals surface area contributed by atoms with Gasteiger partial charge in [0.2, 0.25) is 0 Å². The molecule has 2 N–H and O–H groups in total. The van der Waals surface area contributed by atoms with Crippen molar-refractivity contribution in [3.8, 4) is 11.5 Å². The van der Waals surface area contributed by atoms with Crippen molar-refractivity contribution in [2.45, 2.75) is 76.0 Å². The molecule has 0 radical (unpaired) electrons. The van der Waals surface area contributed by atoms with Crippen molar-refractivity contribution in [2.75, 3.05) is 0 Å². The van der Waals surface area contributed by atoms with Gasteiger partial charge >= 0.3 is 0 Å². The molecule has 0 saturated heterocycles. The van der Waals surface area contributed by atoms with Gasteiger partial charge in [-0.2, -0.15) is 0 Å². The lowest BCUT2D eigenvalue weighted by atomic mass is 10.0. The molecule has 0 unspecified atom stereocenters. The van der Waals surface area contributed by atoms with Crippen LogP contribution < -0.4 is 0 Å². The summed E-state index contributed by atoms with van der Waals surface area (Å²) in [5, 5.41) is 20.2. The van der Waals surface area contributed by atoms with Crippen LogP contribution in [0, 0.1) is 0 Å². The van der Waals surface area contributed by atoms with Gasteiger partial charge in [-0.05, 0) is 72.2 Å². The number of hydrogen-bond donors (Lipinski definition) is 2. The zero-order valence-corrected chi connectivity index (χ0v) is 16.7. The molecule has 0 bridgehead atoms. The van der Waals surface area contributed by atoms with Gasteiger partial charge < -0.3 is 10.2 Å². The van der Waals surface area contributed by atoms with E-state index in [0.717, 1.165) is 38.5 Å². The molecule has 0 aliphatic heterocycles. The molecule has 3 heteroatoms. The second-order valence-corrected chi connectivity index (χ2v) is 7.52. The van der Waals surface area contributed by atoms with Crippen LogP contribution in [0.25, 0.3) is 0 Å². The largest absolute Gasteiger partial charge is 0.508 e. The van der Waals surface area contributed by atoms with Crippen LogP contribution in [-0.2, 0) is 25.7 Å². The third-order valence-corrected chi connectivity index (χ3v) is 5.92. The molecule has 0 fully saturated rings. The van der Waals surface area contributed by atoms with Crippen molar-refractivity contribution in [2.24, 2.45) is 0 Å². The highest BCUT2D eigenvalue weighted by molar-refractivity contribution is 7.99. The summed E-state index contributed by atoms with van der Waals surface area (Å²) < 4.78 is 0. The Balaban J connectivity index is 2.59.